The number of aliphatic hydroxyl groups excluding tert-OH is 1. The number of ether oxygens (including phenoxy) is 2. The Morgan fingerprint density at radius 2 is 1.93 bits per heavy atom. The van der Waals surface area contributed by atoms with Gasteiger partial charge in [0, 0.05) is 37.3 Å². The highest BCUT2D eigenvalue weighted by atomic mass is 19.1. The molecule has 0 aliphatic carbocycles. The molecule has 2 saturated heterocycles. The van der Waals surface area contributed by atoms with Gasteiger partial charge in [-0.05, 0) is 60.1 Å². The molecule has 0 spiro atoms. The van der Waals surface area contributed by atoms with Crippen LogP contribution in [0.4, 0.5) is 15.0 Å². The minimum Gasteiger partial charge on any atom is -0.507 e. The number of aromatic nitrogens is 1. The third-order valence-electron chi connectivity index (χ3n) is 7.74. The largest absolute Gasteiger partial charge is 0.507 e. The van der Waals surface area contributed by atoms with Crippen LogP contribution in [0.1, 0.15) is 57.0 Å². The second kappa shape index (κ2) is 9.79. The first-order valence-electron chi connectivity index (χ1n) is 13.6. The number of carbonyl (C=O) groups is 2. The molecular formula is C29H37FN4O6. The Hall–Kier alpha value is -3.60. The van der Waals surface area contributed by atoms with Gasteiger partial charge in [0.25, 0.3) is 5.91 Å². The monoisotopic (exact) mass is 556 g/mol. The molecule has 1 unspecified atom stereocenters. The Kier molecular flexibility index (Phi) is 6.84. The highest BCUT2D eigenvalue weighted by Gasteiger charge is 2.45. The maximum atomic E-state index is 15.1. The molecule has 11 heteroatoms. The molecule has 5 rings (SSSR count). The maximum absolute atomic E-state index is 15.1. The van der Waals surface area contributed by atoms with Crippen molar-refractivity contribution < 1.29 is 33.7 Å². The number of piperazine rings is 1. The first kappa shape index (κ1) is 27.9. The number of hydrogen-bond donors (Lipinski definition) is 2. The molecular weight excluding hydrogens is 519 g/mol. The zero-order valence-electron chi connectivity index (χ0n) is 23.8. The Balaban J connectivity index is 1.62. The quantitative estimate of drug-likeness (QED) is 0.576. The lowest BCUT2D eigenvalue weighted by molar-refractivity contribution is 0.000934. The number of benzene rings is 1. The van der Waals surface area contributed by atoms with Crippen molar-refractivity contribution in [3.05, 3.63) is 35.1 Å². The van der Waals surface area contributed by atoms with E-state index in [9.17, 15) is 19.8 Å². The number of aromatic hydroxyl groups is 1. The van der Waals surface area contributed by atoms with E-state index in [0.717, 1.165) is 0 Å². The molecule has 40 heavy (non-hydrogen) atoms. The maximum Gasteiger partial charge on any atom is 0.410 e. The van der Waals surface area contributed by atoms with Crippen LogP contribution in [0.25, 0.3) is 11.3 Å². The van der Waals surface area contributed by atoms with E-state index in [1.54, 1.807) is 37.5 Å². The predicted molar refractivity (Wildman–Crippen MR) is 146 cm³/mol. The summed E-state index contributed by atoms with van der Waals surface area (Å²) in [5.41, 5.74) is -0.507. The summed E-state index contributed by atoms with van der Waals surface area (Å²) in [4.78, 5) is 37.0. The zero-order chi connectivity index (χ0) is 29.1. The van der Waals surface area contributed by atoms with Crippen molar-refractivity contribution in [3.63, 3.8) is 0 Å². The molecule has 4 heterocycles. The second-order valence-electron chi connectivity index (χ2n) is 12.4. The highest BCUT2D eigenvalue weighted by Crippen LogP contribution is 2.45. The first-order valence-corrected chi connectivity index (χ1v) is 13.6. The molecule has 0 saturated carbocycles. The fourth-order valence-electron chi connectivity index (χ4n) is 5.86. The number of aliphatic hydroxyl groups is 1. The van der Waals surface area contributed by atoms with Gasteiger partial charge in [0.05, 0.1) is 23.4 Å². The van der Waals surface area contributed by atoms with Crippen LogP contribution in [-0.4, -0.2) is 93.1 Å². The van der Waals surface area contributed by atoms with Crippen LogP contribution in [0.3, 0.4) is 0 Å². The normalized spacial score (nSPS) is 22.4. The van der Waals surface area contributed by atoms with Crippen molar-refractivity contribution in [1.29, 1.82) is 0 Å². The van der Waals surface area contributed by atoms with Crippen LogP contribution in [0.15, 0.2) is 18.2 Å². The number of fused-ring (bicyclic) bond motifs is 2. The van der Waals surface area contributed by atoms with Gasteiger partial charge in [0.2, 0.25) is 0 Å². The number of carbonyl (C=O) groups excluding carboxylic acids is 2. The predicted octanol–water partition coefficient (Wildman–Crippen LogP) is 3.71. The minimum absolute atomic E-state index is 0.0873. The van der Waals surface area contributed by atoms with E-state index in [4.69, 9.17) is 14.5 Å². The number of rotatable bonds is 2. The Labute approximate surface area is 233 Å². The molecule has 2 N–H and O–H groups in total. The third-order valence-corrected chi connectivity index (χ3v) is 7.74. The van der Waals surface area contributed by atoms with E-state index in [1.165, 1.54) is 18.2 Å². The van der Waals surface area contributed by atoms with E-state index >= 15 is 4.39 Å². The SMILES string of the molecule is Cc1c(-c2c(O)cccc2F)nc(N2CC(O)CC2(C)C)c2c1OC[C@H]1CN(C(=O)OC(C)(C)C)CCN1C2=O. The fraction of sp³-hybridized carbons (Fsp3) is 0.552. The summed E-state index contributed by atoms with van der Waals surface area (Å²) in [6, 6.07) is 3.58. The van der Waals surface area contributed by atoms with Gasteiger partial charge >= 0.3 is 6.09 Å². The van der Waals surface area contributed by atoms with Crippen molar-refractivity contribution in [2.75, 3.05) is 37.7 Å². The summed E-state index contributed by atoms with van der Waals surface area (Å²) in [5, 5.41) is 21.2. The van der Waals surface area contributed by atoms with E-state index in [1.807, 2.05) is 18.7 Å². The summed E-state index contributed by atoms with van der Waals surface area (Å²) in [6.07, 6.45) is -0.653. The molecule has 0 bridgehead atoms. The lowest BCUT2D eigenvalue weighted by Gasteiger charge is -2.40. The molecule has 3 aliphatic rings. The number of hydrogen-bond acceptors (Lipinski definition) is 8. The molecule has 1 aromatic heterocycles. The average Bonchev–Trinajstić information content (AvgIpc) is 3.03. The van der Waals surface area contributed by atoms with E-state index in [-0.39, 0.29) is 66.3 Å². The van der Waals surface area contributed by atoms with Crippen molar-refractivity contribution in [2.45, 2.75) is 71.2 Å². The summed E-state index contributed by atoms with van der Waals surface area (Å²) < 4.78 is 26.9. The molecule has 0 radical (unpaired) electrons. The van der Waals surface area contributed by atoms with Gasteiger partial charge < -0.3 is 34.4 Å². The van der Waals surface area contributed by atoms with Crippen LogP contribution in [-0.2, 0) is 4.74 Å². The highest BCUT2D eigenvalue weighted by molar-refractivity contribution is 6.04. The van der Waals surface area contributed by atoms with Crippen LogP contribution in [0.5, 0.6) is 11.5 Å². The number of pyridine rings is 1. The number of anilines is 1. The smallest absolute Gasteiger partial charge is 0.410 e. The van der Waals surface area contributed by atoms with Gasteiger partial charge in [-0.15, -0.1) is 0 Å². The van der Waals surface area contributed by atoms with E-state index < -0.39 is 35.2 Å². The van der Waals surface area contributed by atoms with Crippen LogP contribution >= 0.6 is 0 Å². The summed E-state index contributed by atoms with van der Waals surface area (Å²) in [7, 11) is 0. The third kappa shape index (κ3) is 4.91. The molecule has 10 nitrogen and oxygen atoms in total. The Morgan fingerprint density at radius 3 is 2.55 bits per heavy atom. The number of amides is 2. The topological polar surface area (TPSA) is 116 Å². The van der Waals surface area contributed by atoms with Gasteiger partial charge in [0.1, 0.15) is 40.9 Å². The first-order chi connectivity index (χ1) is 18.7. The fourth-order valence-corrected chi connectivity index (χ4v) is 5.86. The molecule has 2 fully saturated rings. The van der Waals surface area contributed by atoms with Gasteiger partial charge in [-0.2, -0.15) is 0 Å². The summed E-state index contributed by atoms with van der Waals surface area (Å²) >= 11 is 0. The van der Waals surface area contributed by atoms with Crippen LogP contribution < -0.4 is 9.64 Å². The zero-order valence-corrected chi connectivity index (χ0v) is 23.8. The van der Waals surface area contributed by atoms with Crippen molar-refractivity contribution in [3.8, 4) is 22.8 Å². The number of phenols is 1. The van der Waals surface area contributed by atoms with Crippen molar-refractivity contribution >= 4 is 17.8 Å². The standard InChI is InChI=1S/C29H37FN4O6/c1-16-23(21-19(30)8-7-9-20(21)36)31-25(34-14-18(35)12-29(34,5)6)22-24(16)39-15-17-13-32(10-11-33(17)26(22)37)27(38)40-28(2,3)4/h7-9,17-18,35-36H,10-15H2,1-6H3/t17-,18?/m1/s1. The summed E-state index contributed by atoms with van der Waals surface area (Å²) in [5.74, 6) is -0.739. The Morgan fingerprint density at radius 1 is 1.20 bits per heavy atom. The lowest BCUT2D eigenvalue weighted by atomic mass is 9.98. The van der Waals surface area contributed by atoms with Gasteiger partial charge in [-0.25, -0.2) is 14.2 Å². The van der Waals surface area contributed by atoms with Gasteiger partial charge in [0.15, 0.2) is 0 Å². The molecule has 3 aliphatic heterocycles. The van der Waals surface area contributed by atoms with Gasteiger partial charge in [-0.3, -0.25) is 4.79 Å². The van der Waals surface area contributed by atoms with Gasteiger partial charge in [-0.1, -0.05) is 6.07 Å². The molecule has 2 amide bonds. The second-order valence-corrected chi connectivity index (χ2v) is 12.4. The van der Waals surface area contributed by atoms with Crippen LogP contribution in [0.2, 0.25) is 0 Å². The molecule has 216 valence electrons. The van der Waals surface area contributed by atoms with Crippen molar-refractivity contribution in [1.82, 2.24) is 14.8 Å². The lowest BCUT2D eigenvalue weighted by Crippen LogP contribution is -2.58. The molecule has 2 atom stereocenters. The Bertz CT molecular complexity index is 1340. The minimum atomic E-state index is -0.660. The van der Waals surface area contributed by atoms with Crippen LogP contribution in [0, 0.1) is 12.7 Å². The number of halogens is 1. The number of β-amino-alcohol motifs (C(OH)–C–C–N with tert-alkyl or cyclic N) is 1. The van der Waals surface area contributed by atoms with E-state index in [2.05, 4.69) is 0 Å². The molecule has 1 aromatic carbocycles. The summed E-state index contributed by atoms with van der Waals surface area (Å²) in [6.45, 7) is 12.1. The number of nitrogens with zero attached hydrogens (tertiary/aromatic N) is 4. The van der Waals surface area contributed by atoms with E-state index in [0.29, 0.717) is 18.5 Å². The number of phenolic OH excluding ortho intramolecular Hbond substituents is 1. The van der Waals surface area contributed by atoms with Crippen molar-refractivity contribution in [2.24, 2.45) is 0 Å². The average molecular weight is 557 g/mol. The molecule has 2 aromatic rings.